The molecule has 0 radical (unpaired) electrons. The molecule has 1 amide bonds. The molecule has 0 saturated heterocycles. The van der Waals surface area contributed by atoms with Crippen molar-refractivity contribution in [2.45, 2.75) is 0 Å². The summed E-state index contributed by atoms with van der Waals surface area (Å²) in [4.78, 5) is 15.5. The Morgan fingerprint density at radius 2 is 2.00 bits per heavy atom. The molecule has 1 heterocycles. The fraction of sp³-hybridized carbons (Fsp3) is 0.0667. The maximum Gasteiger partial charge on any atom is 0.270 e. The fourth-order valence-electron chi connectivity index (χ4n) is 1.39. The lowest BCUT2D eigenvalue weighted by Crippen LogP contribution is -2.24. The first-order valence-electron chi connectivity index (χ1n) is 5.69. The summed E-state index contributed by atoms with van der Waals surface area (Å²) in [6.45, 7) is 0.215. The van der Waals surface area contributed by atoms with Crippen LogP contribution in [0.3, 0.4) is 0 Å². The van der Waals surface area contributed by atoms with E-state index in [1.165, 1.54) is 12.1 Å². The molecular formula is C15H11FN2O. The van der Waals surface area contributed by atoms with Crippen LogP contribution in [0.15, 0.2) is 48.7 Å². The van der Waals surface area contributed by atoms with E-state index in [0.29, 0.717) is 11.3 Å². The van der Waals surface area contributed by atoms with Crippen molar-refractivity contribution in [1.29, 1.82) is 0 Å². The largest absolute Gasteiger partial charge is 0.340 e. The van der Waals surface area contributed by atoms with Crippen molar-refractivity contribution < 1.29 is 9.18 Å². The monoisotopic (exact) mass is 254 g/mol. The molecule has 0 bridgehead atoms. The lowest BCUT2D eigenvalue weighted by atomic mass is 10.2. The minimum absolute atomic E-state index is 0.215. The predicted molar refractivity (Wildman–Crippen MR) is 69.8 cm³/mol. The number of halogens is 1. The van der Waals surface area contributed by atoms with Gasteiger partial charge in [0.15, 0.2) is 0 Å². The van der Waals surface area contributed by atoms with Crippen LogP contribution >= 0.6 is 0 Å². The third-order valence-electron chi connectivity index (χ3n) is 2.31. The predicted octanol–water partition coefficient (Wildman–Crippen LogP) is 2.00. The zero-order chi connectivity index (χ0) is 13.5. The number of hydrogen-bond acceptors (Lipinski definition) is 2. The van der Waals surface area contributed by atoms with E-state index in [-0.39, 0.29) is 18.3 Å². The van der Waals surface area contributed by atoms with Crippen LogP contribution in [-0.4, -0.2) is 17.4 Å². The van der Waals surface area contributed by atoms with Gasteiger partial charge in [0.05, 0.1) is 6.54 Å². The second-order valence-electron chi connectivity index (χ2n) is 3.71. The number of pyridine rings is 1. The molecule has 2 aromatic rings. The van der Waals surface area contributed by atoms with Gasteiger partial charge >= 0.3 is 0 Å². The van der Waals surface area contributed by atoms with Gasteiger partial charge in [-0.25, -0.2) is 4.39 Å². The highest BCUT2D eigenvalue weighted by atomic mass is 19.1. The van der Waals surface area contributed by atoms with Gasteiger partial charge in [-0.05, 0) is 36.4 Å². The third kappa shape index (κ3) is 3.93. The van der Waals surface area contributed by atoms with Gasteiger partial charge in [-0.15, -0.1) is 0 Å². The Hall–Kier alpha value is -2.67. The van der Waals surface area contributed by atoms with Crippen molar-refractivity contribution in [3.8, 4) is 11.8 Å². The number of nitrogens with one attached hydrogen (secondary N) is 1. The number of nitrogens with zero attached hydrogens (tertiary/aromatic N) is 1. The summed E-state index contributed by atoms with van der Waals surface area (Å²) >= 11 is 0. The van der Waals surface area contributed by atoms with Crippen LogP contribution < -0.4 is 5.32 Å². The van der Waals surface area contributed by atoms with Crippen LogP contribution in [0, 0.1) is 17.7 Å². The zero-order valence-electron chi connectivity index (χ0n) is 10.1. The van der Waals surface area contributed by atoms with Gasteiger partial charge in [-0.3, -0.25) is 9.78 Å². The van der Waals surface area contributed by atoms with Gasteiger partial charge in [0.25, 0.3) is 5.91 Å². The number of carbonyl (C=O) groups excluding carboxylic acids is 1. The molecule has 19 heavy (non-hydrogen) atoms. The summed E-state index contributed by atoms with van der Waals surface area (Å²) in [7, 11) is 0. The summed E-state index contributed by atoms with van der Waals surface area (Å²) in [6.07, 6.45) is 1.55. The average Bonchev–Trinajstić information content (AvgIpc) is 2.46. The maximum absolute atomic E-state index is 12.7. The van der Waals surface area contributed by atoms with Gasteiger partial charge in [0.1, 0.15) is 11.5 Å². The molecule has 0 spiro atoms. The van der Waals surface area contributed by atoms with Crippen molar-refractivity contribution in [1.82, 2.24) is 10.3 Å². The lowest BCUT2D eigenvalue weighted by Gasteiger charge is -1.99. The molecule has 3 nitrogen and oxygen atoms in total. The molecule has 0 saturated carbocycles. The zero-order valence-corrected chi connectivity index (χ0v) is 10.1. The van der Waals surface area contributed by atoms with E-state index < -0.39 is 0 Å². The summed E-state index contributed by atoms with van der Waals surface area (Å²) in [5, 5.41) is 2.63. The Bertz CT molecular complexity index is 612. The van der Waals surface area contributed by atoms with Crippen LogP contribution in [0.5, 0.6) is 0 Å². The molecule has 94 valence electrons. The second-order valence-corrected chi connectivity index (χ2v) is 3.71. The SMILES string of the molecule is O=C(NCC#Cc1ccc(F)cc1)c1ccccn1. The summed E-state index contributed by atoms with van der Waals surface area (Å²) in [5.41, 5.74) is 1.06. The third-order valence-corrected chi connectivity index (χ3v) is 2.31. The fourth-order valence-corrected chi connectivity index (χ4v) is 1.39. The normalized spacial score (nSPS) is 9.32. The number of rotatable bonds is 2. The number of hydrogen-bond donors (Lipinski definition) is 1. The van der Waals surface area contributed by atoms with E-state index >= 15 is 0 Å². The first-order chi connectivity index (χ1) is 9.25. The van der Waals surface area contributed by atoms with Crippen LogP contribution in [0.2, 0.25) is 0 Å². The van der Waals surface area contributed by atoms with Gasteiger partial charge in [0.2, 0.25) is 0 Å². The number of amides is 1. The highest BCUT2D eigenvalue weighted by molar-refractivity contribution is 5.92. The molecule has 0 aliphatic rings. The van der Waals surface area contributed by atoms with Gasteiger partial charge in [-0.1, -0.05) is 17.9 Å². The highest BCUT2D eigenvalue weighted by Gasteiger charge is 2.02. The smallest absolute Gasteiger partial charge is 0.270 e. The molecule has 1 aromatic carbocycles. The van der Waals surface area contributed by atoms with Crippen molar-refractivity contribution in [3.05, 3.63) is 65.7 Å². The second kappa shape index (κ2) is 6.31. The molecule has 0 fully saturated rings. The quantitative estimate of drug-likeness (QED) is 0.833. The molecule has 0 aliphatic carbocycles. The van der Waals surface area contributed by atoms with Crippen molar-refractivity contribution in [2.75, 3.05) is 6.54 Å². The Labute approximate surface area is 110 Å². The van der Waals surface area contributed by atoms with Crippen LogP contribution in [0.4, 0.5) is 4.39 Å². The van der Waals surface area contributed by atoms with Crippen LogP contribution in [0.1, 0.15) is 16.1 Å². The molecule has 1 aromatic heterocycles. The topological polar surface area (TPSA) is 42.0 Å². The van der Waals surface area contributed by atoms with E-state index in [4.69, 9.17) is 0 Å². The molecule has 1 N–H and O–H groups in total. The van der Waals surface area contributed by atoms with Crippen LogP contribution in [-0.2, 0) is 0 Å². The van der Waals surface area contributed by atoms with Crippen molar-refractivity contribution >= 4 is 5.91 Å². The lowest BCUT2D eigenvalue weighted by molar-refractivity contribution is 0.0954. The van der Waals surface area contributed by atoms with E-state index in [9.17, 15) is 9.18 Å². The standard InChI is InChI=1S/C15H11FN2O/c16-13-8-6-12(7-9-13)4-3-11-18-15(19)14-5-1-2-10-17-14/h1-2,5-10H,11H2,(H,18,19). The summed E-state index contributed by atoms with van der Waals surface area (Å²) in [6, 6.07) is 11.0. The molecule has 0 unspecified atom stereocenters. The average molecular weight is 254 g/mol. The van der Waals surface area contributed by atoms with E-state index in [1.54, 1.807) is 36.5 Å². The Morgan fingerprint density at radius 1 is 1.21 bits per heavy atom. The summed E-state index contributed by atoms with van der Waals surface area (Å²) in [5.74, 6) is 5.05. The van der Waals surface area contributed by atoms with E-state index in [1.807, 2.05) is 0 Å². The Kier molecular flexibility index (Phi) is 4.25. The van der Waals surface area contributed by atoms with E-state index in [2.05, 4.69) is 22.1 Å². The maximum atomic E-state index is 12.7. The molecule has 0 atom stereocenters. The number of benzene rings is 1. The van der Waals surface area contributed by atoms with Gasteiger partial charge < -0.3 is 5.32 Å². The number of carbonyl (C=O) groups is 1. The molecular weight excluding hydrogens is 243 g/mol. The summed E-state index contributed by atoms with van der Waals surface area (Å²) < 4.78 is 12.7. The minimum Gasteiger partial charge on any atom is -0.340 e. The van der Waals surface area contributed by atoms with Gasteiger partial charge in [-0.2, -0.15) is 0 Å². The van der Waals surface area contributed by atoms with Crippen LogP contribution in [0.25, 0.3) is 0 Å². The van der Waals surface area contributed by atoms with E-state index in [0.717, 1.165) is 0 Å². The Balaban J connectivity index is 1.87. The first kappa shape index (κ1) is 12.8. The number of aromatic nitrogens is 1. The molecule has 2 rings (SSSR count). The van der Waals surface area contributed by atoms with Crippen molar-refractivity contribution in [3.63, 3.8) is 0 Å². The van der Waals surface area contributed by atoms with Gasteiger partial charge in [0, 0.05) is 11.8 Å². The minimum atomic E-state index is -0.297. The Morgan fingerprint density at radius 3 is 2.68 bits per heavy atom. The molecule has 0 aliphatic heterocycles. The first-order valence-corrected chi connectivity index (χ1v) is 5.69. The van der Waals surface area contributed by atoms with Crippen molar-refractivity contribution in [2.24, 2.45) is 0 Å². The molecule has 4 heteroatoms. The highest BCUT2D eigenvalue weighted by Crippen LogP contribution is 2.00.